The molecule has 0 rings (SSSR count). The third kappa shape index (κ3) is 13.6. The van der Waals surface area contributed by atoms with Gasteiger partial charge >= 0.3 is 17.9 Å². The van der Waals surface area contributed by atoms with E-state index in [0.29, 0.717) is 6.61 Å². The van der Waals surface area contributed by atoms with Crippen LogP contribution in [0.15, 0.2) is 37.0 Å². The van der Waals surface area contributed by atoms with Gasteiger partial charge < -0.3 is 14.6 Å². The van der Waals surface area contributed by atoms with Crippen molar-refractivity contribution in [1.82, 2.24) is 0 Å². The summed E-state index contributed by atoms with van der Waals surface area (Å²) in [5.41, 5.74) is 0.249. The fourth-order valence-electron chi connectivity index (χ4n) is 0.702. The van der Waals surface area contributed by atoms with Gasteiger partial charge in [0.25, 0.3) is 0 Å². The zero-order valence-corrected chi connectivity index (χ0v) is 11.0. The summed E-state index contributed by atoms with van der Waals surface area (Å²) in [4.78, 5) is 30.8. The molecule has 0 heterocycles. The number of aliphatic carboxylic acids is 1. The molecule has 0 spiro atoms. The number of ether oxygens (including phenoxy) is 2. The summed E-state index contributed by atoms with van der Waals surface area (Å²) < 4.78 is 8.78. The van der Waals surface area contributed by atoms with E-state index in [9.17, 15) is 14.4 Å². The smallest absolute Gasteiger partial charge is 0.333 e. The highest BCUT2D eigenvalue weighted by molar-refractivity contribution is 5.88. The Kier molecular flexibility index (Phi) is 12.1. The molecule has 0 aromatic heterocycles. The average molecular weight is 270 g/mol. The van der Waals surface area contributed by atoms with Crippen molar-refractivity contribution in [1.29, 1.82) is 0 Å². The first-order valence-electron chi connectivity index (χ1n) is 5.33. The van der Waals surface area contributed by atoms with Crippen LogP contribution in [0.1, 0.15) is 13.3 Å². The molecule has 0 fully saturated rings. The second-order valence-electron chi connectivity index (χ2n) is 3.00. The minimum atomic E-state index is -1.04. The van der Waals surface area contributed by atoms with Crippen LogP contribution in [0, 0.1) is 0 Å². The molecule has 6 nitrogen and oxygen atoms in total. The van der Waals surface area contributed by atoms with Crippen LogP contribution in [0.5, 0.6) is 0 Å². The van der Waals surface area contributed by atoms with Crippen LogP contribution in [-0.2, 0) is 23.9 Å². The third-order valence-corrected chi connectivity index (χ3v) is 1.56. The topological polar surface area (TPSA) is 89.9 Å². The number of carboxylic acids is 1. The molecule has 0 aromatic carbocycles. The first kappa shape index (κ1) is 19.0. The maximum atomic E-state index is 10.9. The van der Waals surface area contributed by atoms with Crippen LogP contribution in [0.2, 0.25) is 0 Å². The van der Waals surface area contributed by atoms with E-state index in [0.717, 1.165) is 12.2 Å². The Balaban J connectivity index is 0. The number of carboxylic acid groups (broad SMARTS) is 1. The maximum Gasteiger partial charge on any atom is 0.333 e. The summed E-state index contributed by atoms with van der Waals surface area (Å²) in [6.45, 7) is 8.59. The Morgan fingerprint density at radius 2 is 1.89 bits per heavy atom. The zero-order chi connectivity index (χ0) is 15.3. The Hall–Kier alpha value is -2.37. The molecule has 0 unspecified atom stereocenters. The van der Waals surface area contributed by atoms with Gasteiger partial charge in [0.15, 0.2) is 0 Å². The predicted molar refractivity (Wildman–Crippen MR) is 69.4 cm³/mol. The van der Waals surface area contributed by atoms with Gasteiger partial charge in [0.1, 0.15) is 0 Å². The summed E-state index contributed by atoms with van der Waals surface area (Å²) in [5.74, 6) is -1.93. The highest BCUT2D eigenvalue weighted by Crippen LogP contribution is 2.01. The van der Waals surface area contributed by atoms with Crippen molar-refractivity contribution in [3.63, 3.8) is 0 Å². The standard InChI is InChI=1S/C9H12O4.C4H6O2/c1-3-13-9(12)7(2)5-4-6-8(10)11;1-3-4(5)6-2/h4,6H,2-3,5H2,1H3,(H,10,11);3H,1H2,2H3. The molecular weight excluding hydrogens is 252 g/mol. The molecule has 106 valence electrons. The SMILES string of the molecule is C=C(CC=CC(=O)O)C(=O)OCC.C=CC(=O)OC. The average Bonchev–Trinajstić information content (AvgIpc) is 2.38. The zero-order valence-electron chi connectivity index (χ0n) is 11.0. The van der Waals surface area contributed by atoms with Crippen molar-refractivity contribution in [2.24, 2.45) is 0 Å². The molecule has 19 heavy (non-hydrogen) atoms. The predicted octanol–water partition coefficient (Wildman–Crippen LogP) is 1.48. The molecule has 0 saturated carbocycles. The Bertz CT molecular complexity index is 367. The normalized spacial score (nSPS) is 8.95. The minimum Gasteiger partial charge on any atom is -0.478 e. The molecule has 0 aliphatic rings. The molecule has 0 bridgehead atoms. The van der Waals surface area contributed by atoms with Gasteiger partial charge in [0, 0.05) is 17.7 Å². The van der Waals surface area contributed by atoms with E-state index in [-0.39, 0.29) is 12.0 Å². The van der Waals surface area contributed by atoms with Crippen molar-refractivity contribution in [2.45, 2.75) is 13.3 Å². The summed E-state index contributed by atoms with van der Waals surface area (Å²) >= 11 is 0. The molecule has 0 aliphatic heterocycles. The van der Waals surface area contributed by atoms with E-state index >= 15 is 0 Å². The highest BCUT2D eigenvalue weighted by Gasteiger charge is 2.04. The lowest BCUT2D eigenvalue weighted by atomic mass is 10.2. The summed E-state index contributed by atoms with van der Waals surface area (Å²) in [6.07, 6.45) is 3.62. The van der Waals surface area contributed by atoms with Gasteiger partial charge in [0.05, 0.1) is 13.7 Å². The Labute approximate surface area is 112 Å². The van der Waals surface area contributed by atoms with E-state index in [2.05, 4.69) is 22.6 Å². The number of rotatable bonds is 6. The van der Waals surface area contributed by atoms with Crippen LogP contribution in [0.3, 0.4) is 0 Å². The van der Waals surface area contributed by atoms with Gasteiger partial charge in [0.2, 0.25) is 0 Å². The second kappa shape index (κ2) is 12.1. The lowest BCUT2D eigenvalue weighted by molar-refractivity contribution is -0.138. The van der Waals surface area contributed by atoms with Gasteiger partial charge in [-0.2, -0.15) is 0 Å². The second-order valence-corrected chi connectivity index (χ2v) is 3.00. The monoisotopic (exact) mass is 270 g/mol. The first-order chi connectivity index (χ1) is 8.88. The molecule has 0 atom stereocenters. The van der Waals surface area contributed by atoms with Crippen LogP contribution < -0.4 is 0 Å². The quantitative estimate of drug-likeness (QED) is 0.581. The van der Waals surface area contributed by atoms with Crippen molar-refractivity contribution in [3.8, 4) is 0 Å². The van der Waals surface area contributed by atoms with Gasteiger partial charge in [-0.05, 0) is 13.3 Å². The molecule has 0 amide bonds. The van der Waals surface area contributed by atoms with Crippen molar-refractivity contribution in [2.75, 3.05) is 13.7 Å². The lowest BCUT2D eigenvalue weighted by Gasteiger charge is -2.00. The number of carbonyl (C=O) groups excluding carboxylic acids is 2. The van der Waals surface area contributed by atoms with Crippen molar-refractivity contribution < 1.29 is 29.0 Å². The number of carbonyl (C=O) groups is 3. The molecule has 0 radical (unpaired) electrons. The summed E-state index contributed by atoms with van der Waals surface area (Å²) in [7, 11) is 1.31. The molecule has 0 aliphatic carbocycles. The fraction of sp³-hybridized carbons (Fsp3) is 0.308. The van der Waals surface area contributed by atoms with E-state index in [1.54, 1.807) is 6.92 Å². The van der Waals surface area contributed by atoms with Crippen molar-refractivity contribution in [3.05, 3.63) is 37.0 Å². The molecule has 0 saturated heterocycles. The van der Waals surface area contributed by atoms with E-state index in [4.69, 9.17) is 5.11 Å². The number of hydrogen-bond acceptors (Lipinski definition) is 5. The van der Waals surface area contributed by atoms with Crippen molar-refractivity contribution >= 4 is 17.9 Å². The van der Waals surface area contributed by atoms with Gasteiger partial charge in [-0.25, -0.2) is 14.4 Å². The van der Waals surface area contributed by atoms with E-state index in [1.165, 1.54) is 13.2 Å². The number of esters is 2. The molecule has 0 aromatic rings. The van der Waals surface area contributed by atoms with E-state index in [1.807, 2.05) is 0 Å². The maximum absolute atomic E-state index is 10.9. The van der Waals surface area contributed by atoms with Crippen LogP contribution in [0.25, 0.3) is 0 Å². The van der Waals surface area contributed by atoms with Crippen LogP contribution in [0.4, 0.5) is 0 Å². The Morgan fingerprint density at radius 1 is 1.32 bits per heavy atom. The van der Waals surface area contributed by atoms with Gasteiger partial charge in [-0.1, -0.05) is 19.2 Å². The molecule has 6 heteroatoms. The summed E-state index contributed by atoms with van der Waals surface area (Å²) in [5, 5.41) is 8.24. The summed E-state index contributed by atoms with van der Waals surface area (Å²) in [6, 6.07) is 0. The third-order valence-electron chi connectivity index (χ3n) is 1.56. The largest absolute Gasteiger partial charge is 0.478 e. The number of methoxy groups -OCH3 is 1. The van der Waals surface area contributed by atoms with Gasteiger partial charge in [-0.15, -0.1) is 0 Å². The van der Waals surface area contributed by atoms with Gasteiger partial charge in [-0.3, -0.25) is 0 Å². The fourth-order valence-corrected chi connectivity index (χ4v) is 0.702. The van der Waals surface area contributed by atoms with Crippen LogP contribution in [-0.4, -0.2) is 36.7 Å². The lowest BCUT2D eigenvalue weighted by Crippen LogP contribution is -2.05. The molecular formula is C13H18O6. The van der Waals surface area contributed by atoms with Crippen LogP contribution >= 0.6 is 0 Å². The number of allylic oxidation sites excluding steroid dienone is 1. The minimum absolute atomic E-state index is 0.200. The molecule has 1 N–H and O–H groups in total. The Morgan fingerprint density at radius 3 is 2.21 bits per heavy atom. The van der Waals surface area contributed by atoms with E-state index < -0.39 is 17.9 Å². The first-order valence-corrected chi connectivity index (χ1v) is 5.33. The highest BCUT2D eigenvalue weighted by atomic mass is 16.5. The number of hydrogen-bond donors (Lipinski definition) is 1.